The SMILES string of the molecule is Cc1onc(-c2ccccc2)c1C(=O)N1CCC(CN)C1. The molecular formula is C16H19N3O2. The maximum atomic E-state index is 12.8. The molecule has 1 aromatic heterocycles. The van der Waals surface area contributed by atoms with Crippen molar-refractivity contribution in [2.24, 2.45) is 11.7 Å². The molecule has 2 heterocycles. The molecule has 3 rings (SSSR count). The lowest BCUT2D eigenvalue weighted by atomic mass is 10.1. The first-order valence-corrected chi connectivity index (χ1v) is 7.21. The van der Waals surface area contributed by atoms with E-state index in [9.17, 15) is 4.79 Å². The molecule has 1 unspecified atom stereocenters. The molecule has 1 aliphatic rings. The summed E-state index contributed by atoms with van der Waals surface area (Å²) in [5.74, 6) is 0.952. The van der Waals surface area contributed by atoms with E-state index in [-0.39, 0.29) is 5.91 Å². The summed E-state index contributed by atoms with van der Waals surface area (Å²) in [6.45, 7) is 3.87. The van der Waals surface area contributed by atoms with Gasteiger partial charge in [-0.05, 0) is 25.8 Å². The summed E-state index contributed by atoms with van der Waals surface area (Å²) in [6, 6.07) is 9.65. The molecule has 1 aromatic carbocycles. The molecule has 0 spiro atoms. The van der Waals surface area contributed by atoms with Crippen LogP contribution in [0.2, 0.25) is 0 Å². The van der Waals surface area contributed by atoms with E-state index >= 15 is 0 Å². The minimum atomic E-state index is -0.0106. The molecule has 5 nitrogen and oxygen atoms in total. The van der Waals surface area contributed by atoms with E-state index in [0.717, 1.165) is 18.5 Å². The first kappa shape index (κ1) is 13.8. The van der Waals surface area contributed by atoms with Crippen molar-refractivity contribution in [1.82, 2.24) is 10.1 Å². The Balaban J connectivity index is 1.92. The van der Waals surface area contributed by atoms with E-state index in [1.54, 1.807) is 6.92 Å². The largest absolute Gasteiger partial charge is 0.360 e. The highest BCUT2D eigenvalue weighted by Gasteiger charge is 2.30. The summed E-state index contributed by atoms with van der Waals surface area (Å²) in [5.41, 5.74) is 7.78. The molecule has 2 N–H and O–H groups in total. The Kier molecular flexibility index (Phi) is 3.75. The second-order valence-corrected chi connectivity index (χ2v) is 5.47. The smallest absolute Gasteiger partial charge is 0.259 e. The third-order valence-corrected chi connectivity index (χ3v) is 4.03. The van der Waals surface area contributed by atoms with Crippen LogP contribution in [0.3, 0.4) is 0 Å². The van der Waals surface area contributed by atoms with E-state index in [1.165, 1.54) is 0 Å². The summed E-state index contributed by atoms with van der Waals surface area (Å²) in [7, 11) is 0. The van der Waals surface area contributed by atoms with E-state index < -0.39 is 0 Å². The molecule has 110 valence electrons. The van der Waals surface area contributed by atoms with Crippen molar-refractivity contribution in [3.05, 3.63) is 41.7 Å². The van der Waals surface area contributed by atoms with Crippen molar-refractivity contribution in [3.8, 4) is 11.3 Å². The van der Waals surface area contributed by atoms with Crippen molar-refractivity contribution in [1.29, 1.82) is 0 Å². The Morgan fingerprint density at radius 3 is 2.86 bits per heavy atom. The van der Waals surface area contributed by atoms with Gasteiger partial charge < -0.3 is 15.2 Å². The number of amides is 1. The van der Waals surface area contributed by atoms with Crippen molar-refractivity contribution in [2.45, 2.75) is 13.3 Å². The topological polar surface area (TPSA) is 72.4 Å². The Labute approximate surface area is 123 Å². The zero-order valence-electron chi connectivity index (χ0n) is 12.1. The van der Waals surface area contributed by atoms with Crippen LogP contribution < -0.4 is 5.73 Å². The van der Waals surface area contributed by atoms with E-state index in [4.69, 9.17) is 10.3 Å². The van der Waals surface area contributed by atoms with Crippen LogP contribution in [-0.2, 0) is 0 Å². The van der Waals surface area contributed by atoms with Crippen molar-refractivity contribution in [3.63, 3.8) is 0 Å². The lowest BCUT2D eigenvalue weighted by Crippen LogP contribution is -2.30. The number of hydrogen-bond donors (Lipinski definition) is 1. The molecular weight excluding hydrogens is 266 g/mol. The zero-order valence-corrected chi connectivity index (χ0v) is 12.1. The number of nitrogens with two attached hydrogens (primary N) is 1. The van der Waals surface area contributed by atoms with Gasteiger partial charge in [0.05, 0.1) is 0 Å². The molecule has 5 heteroatoms. The maximum Gasteiger partial charge on any atom is 0.259 e. The second kappa shape index (κ2) is 5.69. The highest BCUT2D eigenvalue weighted by Crippen LogP contribution is 2.28. The number of rotatable bonds is 3. The fourth-order valence-corrected chi connectivity index (χ4v) is 2.78. The van der Waals surface area contributed by atoms with Crippen molar-refractivity contribution in [2.75, 3.05) is 19.6 Å². The average molecular weight is 285 g/mol. The maximum absolute atomic E-state index is 12.8. The molecule has 0 saturated carbocycles. The lowest BCUT2D eigenvalue weighted by Gasteiger charge is -2.16. The van der Waals surface area contributed by atoms with Crippen LogP contribution in [0.15, 0.2) is 34.9 Å². The second-order valence-electron chi connectivity index (χ2n) is 5.47. The van der Waals surface area contributed by atoms with E-state index in [2.05, 4.69) is 5.16 Å². The van der Waals surface area contributed by atoms with Gasteiger partial charge in [-0.25, -0.2) is 0 Å². The van der Waals surface area contributed by atoms with Gasteiger partial charge in [0.25, 0.3) is 5.91 Å². The lowest BCUT2D eigenvalue weighted by molar-refractivity contribution is 0.0786. The number of aromatic nitrogens is 1. The summed E-state index contributed by atoms with van der Waals surface area (Å²) < 4.78 is 5.26. The molecule has 0 radical (unpaired) electrons. The van der Waals surface area contributed by atoms with Gasteiger partial charge in [-0.2, -0.15) is 0 Å². The summed E-state index contributed by atoms with van der Waals surface area (Å²) in [6.07, 6.45) is 0.966. The van der Waals surface area contributed by atoms with Gasteiger partial charge in [0.1, 0.15) is 17.0 Å². The number of benzene rings is 1. The van der Waals surface area contributed by atoms with Gasteiger partial charge in [0, 0.05) is 18.7 Å². The summed E-state index contributed by atoms with van der Waals surface area (Å²) >= 11 is 0. The summed E-state index contributed by atoms with van der Waals surface area (Å²) in [5, 5.41) is 4.07. The highest BCUT2D eigenvalue weighted by molar-refractivity contribution is 6.00. The van der Waals surface area contributed by atoms with Crippen LogP contribution in [-0.4, -0.2) is 35.6 Å². The Bertz CT molecular complexity index is 636. The predicted octanol–water partition coefficient (Wildman–Crippen LogP) is 2.07. The van der Waals surface area contributed by atoms with Gasteiger partial charge in [-0.3, -0.25) is 4.79 Å². The first-order chi connectivity index (χ1) is 10.2. The van der Waals surface area contributed by atoms with E-state index in [0.29, 0.717) is 36.0 Å². The summed E-state index contributed by atoms with van der Waals surface area (Å²) in [4.78, 5) is 14.6. The van der Waals surface area contributed by atoms with Crippen LogP contribution in [0, 0.1) is 12.8 Å². The third-order valence-electron chi connectivity index (χ3n) is 4.03. The first-order valence-electron chi connectivity index (χ1n) is 7.21. The molecule has 1 amide bonds. The molecule has 1 fully saturated rings. The van der Waals surface area contributed by atoms with Crippen LogP contribution in [0.4, 0.5) is 0 Å². The van der Waals surface area contributed by atoms with Crippen LogP contribution >= 0.6 is 0 Å². The Morgan fingerprint density at radius 2 is 2.19 bits per heavy atom. The molecule has 21 heavy (non-hydrogen) atoms. The minimum Gasteiger partial charge on any atom is -0.360 e. The standard InChI is InChI=1S/C16H19N3O2/c1-11-14(16(20)19-8-7-12(9-17)10-19)15(18-21-11)13-5-3-2-4-6-13/h2-6,12H,7-10,17H2,1H3. The Morgan fingerprint density at radius 1 is 1.43 bits per heavy atom. The Hall–Kier alpha value is -2.14. The van der Waals surface area contributed by atoms with Crippen LogP contribution in [0.25, 0.3) is 11.3 Å². The van der Waals surface area contributed by atoms with Crippen LogP contribution in [0.1, 0.15) is 22.5 Å². The molecule has 2 aromatic rings. The molecule has 1 aliphatic heterocycles. The quantitative estimate of drug-likeness (QED) is 0.937. The number of carbonyl (C=O) groups excluding carboxylic acids is 1. The van der Waals surface area contributed by atoms with Crippen LogP contribution in [0.5, 0.6) is 0 Å². The minimum absolute atomic E-state index is 0.0106. The molecule has 1 atom stereocenters. The zero-order chi connectivity index (χ0) is 14.8. The van der Waals surface area contributed by atoms with Gasteiger partial charge >= 0.3 is 0 Å². The molecule has 0 aliphatic carbocycles. The van der Waals surface area contributed by atoms with Gasteiger partial charge in [0.2, 0.25) is 0 Å². The van der Waals surface area contributed by atoms with Gasteiger partial charge in [-0.1, -0.05) is 35.5 Å². The molecule has 0 bridgehead atoms. The number of carbonyl (C=O) groups is 1. The van der Waals surface area contributed by atoms with Gasteiger partial charge in [0.15, 0.2) is 0 Å². The number of nitrogens with zero attached hydrogens (tertiary/aromatic N) is 2. The number of hydrogen-bond acceptors (Lipinski definition) is 4. The fourth-order valence-electron chi connectivity index (χ4n) is 2.78. The average Bonchev–Trinajstić information content (AvgIpc) is 3.14. The fraction of sp³-hybridized carbons (Fsp3) is 0.375. The highest BCUT2D eigenvalue weighted by atomic mass is 16.5. The van der Waals surface area contributed by atoms with E-state index in [1.807, 2.05) is 35.2 Å². The van der Waals surface area contributed by atoms with Crippen molar-refractivity contribution >= 4 is 5.91 Å². The van der Waals surface area contributed by atoms with Gasteiger partial charge in [-0.15, -0.1) is 0 Å². The number of aryl methyl sites for hydroxylation is 1. The third kappa shape index (κ3) is 2.56. The monoisotopic (exact) mass is 285 g/mol. The number of likely N-dealkylation sites (tertiary alicyclic amines) is 1. The predicted molar refractivity (Wildman–Crippen MR) is 79.7 cm³/mol. The molecule has 1 saturated heterocycles. The van der Waals surface area contributed by atoms with Crippen molar-refractivity contribution < 1.29 is 9.32 Å². The normalized spacial score (nSPS) is 18.2.